The fourth-order valence-corrected chi connectivity index (χ4v) is 1.27. The third-order valence-electron chi connectivity index (χ3n) is 1.93. The number of aldehydes is 1. The molecule has 0 aromatic heterocycles. The van der Waals surface area contributed by atoms with Crippen LogP contribution in [0.3, 0.4) is 0 Å². The SMILES string of the molecule is C=CC1(CCCC=O)OCCO1. The van der Waals surface area contributed by atoms with Crippen LogP contribution in [-0.2, 0) is 14.3 Å². The Morgan fingerprint density at radius 3 is 2.58 bits per heavy atom. The van der Waals surface area contributed by atoms with E-state index in [2.05, 4.69) is 6.58 Å². The molecule has 0 unspecified atom stereocenters. The Hall–Kier alpha value is -0.670. The number of carbonyl (C=O) groups is 1. The Bertz CT molecular complexity index is 159. The number of carbonyl (C=O) groups excluding carboxylic acids is 1. The van der Waals surface area contributed by atoms with Crippen molar-refractivity contribution in [3.8, 4) is 0 Å². The molecule has 0 aliphatic carbocycles. The summed E-state index contributed by atoms with van der Waals surface area (Å²) in [6.45, 7) is 4.89. The Labute approximate surface area is 72.4 Å². The summed E-state index contributed by atoms with van der Waals surface area (Å²) in [5.74, 6) is -0.608. The molecule has 0 aromatic rings. The average molecular weight is 170 g/mol. The van der Waals surface area contributed by atoms with Crippen LogP contribution in [0.4, 0.5) is 0 Å². The first-order chi connectivity index (χ1) is 5.83. The van der Waals surface area contributed by atoms with Crippen molar-refractivity contribution in [2.75, 3.05) is 13.2 Å². The highest BCUT2D eigenvalue weighted by molar-refractivity contribution is 5.49. The maximum absolute atomic E-state index is 10.1. The van der Waals surface area contributed by atoms with Crippen LogP contribution in [0.15, 0.2) is 12.7 Å². The quantitative estimate of drug-likeness (QED) is 0.354. The molecule has 12 heavy (non-hydrogen) atoms. The van der Waals surface area contributed by atoms with Gasteiger partial charge in [0.15, 0.2) is 5.79 Å². The predicted octanol–water partition coefficient (Wildman–Crippen LogP) is 1.28. The summed E-state index contributed by atoms with van der Waals surface area (Å²) >= 11 is 0. The minimum atomic E-state index is -0.608. The lowest BCUT2D eigenvalue weighted by Gasteiger charge is -2.22. The van der Waals surface area contributed by atoms with Crippen LogP contribution in [0.25, 0.3) is 0 Å². The number of hydrogen-bond acceptors (Lipinski definition) is 3. The topological polar surface area (TPSA) is 35.5 Å². The van der Waals surface area contributed by atoms with Gasteiger partial charge in [0.1, 0.15) is 6.29 Å². The van der Waals surface area contributed by atoms with E-state index in [0.29, 0.717) is 19.6 Å². The van der Waals surface area contributed by atoms with Gasteiger partial charge in [-0.2, -0.15) is 0 Å². The van der Waals surface area contributed by atoms with Crippen LogP contribution in [-0.4, -0.2) is 25.3 Å². The van der Waals surface area contributed by atoms with Gasteiger partial charge in [0.25, 0.3) is 0 Å². The van der Waals surface area contributed by atoms with Crippen LogP contribution < -0.4 is 0 Å². The third kappa shape index (κ3) is 2.16. The molecule has 0 spiro atoms. The smallest absolute Gasteiger partial charge is 0.187 e. The van der Waals surface area contributed by atoms with Gasteiger partial charge in [-0.15, -0.1) is 0 Å². The van der Waals surface area contributed by atoms with Crippen LogP contribution in [0.5, 0.6) is 0 Å². The number of ether oxygens (including phenoxy) is 2. The molecular formula is C9H14O3. The Morgan fingerprint density at radius 2 is 2.08 bits per heavy atom. The molecule has 1 heterocycles. The van der Waals surface area contributed by atoms with Gasteiger partial charge in [-0.25, -0.2) is 0 Å². The molecule has 0 atom stereocenters. The van der Waals surface area contributed by atoms with Crippen LogP contribution in [0, 0.1) is 0 Å². The zero-order valence-electron chi connectivity index (χ0n) is 7.12. The van der Waals surface area contributed by atoms with Crippen LogP contribution in [0.2, 0.25) is 0 Å². The Kier molecular flexibility index (Phi) is 3.44. The van der Waals surface area contributed by atoms with Crippen molar-refractivity contribution in [2.45, 2.75) is 25.0 Å². The molecule has 1 rings (SSSR count). The molecule has 1 aliphatic rings. The summed E-state index contributed by atoms with van der Waals surface area (Å²) in [5.41, 5.74) is 0. The maximum atomic E-state index is 10.1. The Morgan fingerprint density at radius 1 is 1.42 bits per heavy atom. The fraction of sp³-hybridized carbons (Fsp3) is 0.667. The normalized spacial score (nSPS) is 20.7. The van der Waals surface area contributed by atoms with Gasteiger partial charge >= 0.3 is 0 Å². The summed E-state index contributed by atoms with van der Waals surface area (Å²) in [6, 6.07) is 0. The lowest BCUT2D eigenvalue weighted by Crippen LogP contribution is -2.26. The van der Waals surface area contributed by atoms with Gasteiger partial charge in [-0.1, -0.05) is 6.58 Å². The van der Waals surface area contributed by atoms with Crippen molar-refractivity contribution >= 4 is 6.29 Å². The van der Waals surface area contributed by atoms with Crippen molar-refractivity contribution in [3.05, 3.63) is 12.7 Å². The van der Waals surface area contributed by atoms with Crippen molar-refractivity contribution < 1.29 is 14.3 Å². The summed E-state index contributed by atoms with van der Waals surface area (Å²) in [5, 5.41) is 0. The molecule has 0 aromatic carbocycles. The number of rotatable bonds is 5. The molecule has 1 saturated heterocycles. The highest BCUT2D eigenvalue weighted by Gasteiger charge is 2.32. The van der Waals surface area contributed by atoms with Crippen molar-refractivity contribution in [3.63, 3.8) is 0 Å². The van der Waals surface area contributed by atoms with Gasteiger partial charge < -0.3 is 14.3 Å². The summed E-state index contributed by atoms with van der Waals surface area (Å²) in [4.78, 5) is 10.1. The molecule has 0 saturated carbocycles. The second kappa shape index (κ2) is 4.38. The maximum Gasteiger partial charge on any atom is 0.187 e. The van der Waals surface area contributed by atoms with E-state index >= 15 is 0 Å². The van der Waals surface area contributed by atoms with Gasteiger partial charge in [0, 0.05) is 12.8 Å². The molecule has 1 aliphatic heterocycles. The molecule has 0 amide bonds. The highest BCUT2D eigenvalue weighted by atomic mass is 16.7. The van der Waals surface area contributed by atoms with Crippen LogP contribution >= 0.6 is 0 Å². The zero-order valence-corrected chi connectivity index (χ0v) is 7.12. The first kappa shape index (κ1) is 9.42. The van der Waals surface area contributed by atoms with Crippen molar-refractivity contribution in [2.24, 2.45) is 0 Å². The summed E-state index contributed by atoms with van der Waals surface area (Å²) in [6.07, 6.45) is 4.64. The molecule has 0 bridgehead atoms. The Balaban J connectivity index is 2.33. The second-order valence-electron chi connectivity index (χ2n) is 2.77. The van der Waals surface area contributed by atoms with E-state index in [1.165, 1.54) is 0 Å². The van der Waals surface area contributed by atoms with E-state index in [0.717, 1.165) is 19.1 Å². The van der Waals surface area contributed by atoms with Gasteiger partial charge in [-0.3, -0.25) is 0 Å². The van der Waals surface area contributed by atoms with E-state index < -0.39 is 5.79 Å². The third-order valence-corrected chi connectivity index (χ3v) is 1.93. The van der Waals surface area contributed by atoms with Crippen LogP contribution in [0.1, 0.15) is 19.3 Å². The van der Waals surface area contributed by atoms with E-state index in [-0.39, 0.29) is 0 Å². The summed E-state index contributed by atoms with van der Waals surface area (Å²) < 4.78 is 10.8. The minimum Gasteiger partial charge on any atom is -0.344 e. The lowest BCUT2D eigenvalue weighted by molar-refractivity contribution is -0.123. The zero-order chi connectivity index (χ0) is 8.86. The van der Waals surface area contributed by atoms with E-state index in [1.54, 1.807) is 6.08 Å². The molecule has 0 N–H and O–H groups in total. The van der Waals surface area contributed by atoms with Crippen molar-refractivity contribution in [1.29, 1.82) is 0 Å². The molecule has 68 valence electrons. The van der Waals surface area contributed by atoms with E-state index in [1.807, 2.05) is 0 Å². The molecule has 3 heteroatoms. The van der Waals surface area contributed by atoms with E-state index in [4.69, 9.17) is 9.47 Å². The average Bonchev–Trinajstić information content (AvgIpc) is 2.55. The lowest BCUT2D eigenvalue weighted by atomic mass is 10.1. The van der Waals surface area contributed by atoms with Gasteiger partial charge in [-0.05, 0) is 12.5 Å². The van der Waals surface area contributed by atoms with E-state index in [9.17, 15) is 4.79 Å². The fourth-order valence-electron chi connectivity index (χ4n) is 1.27. The first-order valence-electron chi connectivity index (χ1n) is 4.18. The number of hydrogen-bond donors (Lipinski definition) is 0. The molecular weight excluding hydrogens is 156 g/mol. The van der Waals surface area contributed by atoms with Gasteiger partial charge in [0.05, 0.1) is 13.2 Å². The van der Waals surface area contributed by atoms with Gasteiger partial charge in [0.2, 0.25) is 0 Å². The number of unbranched alkanes of at least 4 members (excludes halogenated alkanes) is 1. The predicted molar refractivity (Wildman–Crippen MR) is 44.7 cm³/mol. The largest absolute Gasteiger partial charge is 0.344 e. The minimum absolute atomic E-state index is 0.558. The first-order valence-corrected chi connectivity index (χ1v) is 4.18. The monoisotopic (exact) mass is 170 g/mol. The highest BCUT2D eigenvalue weighted by Crippen LogP contribution is 2.26. The summed E-state index contributed by atoms with van der Waals surface area (Å²) in [7, 11) is 0. The molecule has 3 nitrogen and oxygen atoms in total. The molecule has 0 radical (unpaired) electrons. The van der Waals surface area contributed by atoms with Crippen molar-refractivity contribution in [1.82, 2.24) is 0 Å². The standard InChI is InChI=1S/C9H14O3/c1-2-9(5-3-4-6-10)11-7-8-12-9/h2,6H,1,3-5,7-8H2. The second-order valence-corrected chi connectivity index (χ2v) is 2.77. The molecule has 1 fully saturated rings.